The fourth-order valence-electron chi connectivity index (χ4n) is 6.86. The van der Waals surface area contributed by atoms with Crippen LogP contribution in [0.2, 0.25) is 0 Å². The van der Waals surface area contributed by atoms with E-state index in [9.17, 15) is 0 Å². The van der Waals surface area contributed by atoms with Crippen molar-refractivity contribution in [3.63, 3.8) is 0 Å². The third-order valence-corrected chi connectivity index (χ3v) is 9.39. The lowest BCUT2D eigenvalue weighted by atomic mass is 10.00. The normalized spacial score (nSPS) is 19.7. The number of piperazine rings is 1. The molecule has 3 fully saturated rings. The number of hydrogen-bond acceptors (Lipinski definition) is 9. The van der Waals surface area contributed by atoms with E-state index >= 15 is 0 Å². The van der Waals surface area contributed by atoms with Crippen LogP contribution in [0.1, 0.15) is 51.1 Å². The largest absolute Gasteiger partial charge is 0.495 e. The Hall–Kier alpha value is -3.17. The molecule has 3 aromatic rings. The molecular weight excluding hydrogens is 512 g/mol. The molecule has 2 N–H and O–H groups in total. The smallest absolute Gasteiger partial charge is 0.153 e. The summed E-state index contributed by atoms with van der Waals surface area (Å²) in [7, 11) is 5.90. The van der Waals surface area contributed by atoms with Gasteiger partial charge in [0, 0.05) is 70.2 Å². The lowest BCUT2D eigenvalue weighted by molar-refractivity contribution is 0.0981. The van der Waals surface area contributed by atoms with Crippen molar-refractivity contribution in [3.05, 3.63) is 30.1 Å². The van der Waals surface area contributed by atoms with Crippen LogP contribution >= 0.6 is 0 Å². The number of aromatic nitrogens is 3. The highest BCUT2D eigenvalue weighted by Crippen LogP contribution is 2.38. The van der Waals surface area contributed by atoms with Gasteiger partial charge in [0.15, 0.2) is 5.82 Å². The van der Waals surface area contributed by atoms with Crippen LogP contribution in [0, 0.1) is 0 Å². The van der Waals surface area contributed by atoms with Gasteiger partial charge in [-0.2, -0.15) is 0 Å². The Morgan fingerprint density at radius 1 is 0.927 bits per heavy atom. The minimum absolute atomic E-state index is 0.473. The van der Waals surface area contributed by atoms with E-state index in [1.165, 1.54) is 70.4 Å². The number of likely N-dealkylation sites (N-methyl/N-ethyl adjacent to an activating group) is 1. The van der Waals surface area contributed by atoms with Crippen molar-refractivity contribution in [1.29, 1.82) is 0 Å². The van der Waals surface area contributed by atoms with Crippen molar-refractivity contribution < 1.29 is 4.74 Å². The lowest BCUT2D eigenvalue weighted by Crippen LogP contribution is -2.52. The SMILES string of the molecule is CCc1nc2c(NC)ncc(-c3ccc(N4CCC(N5CCN(C)CC5)CC4)c(OC)c3)c2nc1NC1CCCC1. The summed E-state index contributed by atoms with van der Waals surface area (Å²) in [6.07, 6.45) is 10.1. The number of aryl methyl sites for hydroxylation is 1. The van der Waals surface area contributed by atoms with Crippen LogP contribution in [-0.4, -0.2) is 97.3 Å². The summed E-state index contributed by atoms with van der Waals surface area (Å²) in [4.78, 5) is 22.7. The number of piperidine rings is 1. The maximum atomic E-state index is 5.98. The first-order chi connectivity index (χ1) is 20.1. The summed E-state index contributed by atoms with van der Waals surface area (Å²) in [5.41, 5.74) is 5.86. The summed E-state index contributed by atoms with van der Waals surface area (Å²) in [6, 6.07) is 7.72. The Bertz CT molecular complexity index is 1340. The molecule has 0 amide bonds. The number of ether oxygens (including phenoxy) is 1. The number of rotatable bonds is 8. The maximum absolute atomic E-state index is 5.98. The molecule has 1 saturated carbocycles. The van der Waals surface area contributed by atoms with Crippen LogP contribution in [0.3, 0.4) is 0 Å². The molecule has 1 aromatic carbocycles. The van der Waals surface area contributed by atoms with Crippen molar-refractivity contribution in [1.82, 2.24) is 24.8 Å². The molecule has 2 aliphatic heterocycles. The Kier molecular flexibility index (Phi) is 8.44. The monoisotopic (exact) mass is 558 g/mol. The Morgan fingerprint density at radius 3 is 2.37 bits per heavy atom. The molecule has 0 unspecified atom stereocenters. The molecule has 220 valence electrons. The molecule has 1 aliphatic carbocycles. The van der Waals surface area contributed by atoms with Crippen LogP contribution < -0.4 is 20.3 Å². The second-order valence-electron chi connectivity index (χ2n) is 11.9. The van der Waals surface area contributed by atoms with Crippen molar-refractivity contribution in [2.45, 2.75) is 64.0 Å². The lowest BCUT2D eigenvalue weighted by Gasteiger charge is -2.42. The van der Waals surface area contributed by atoms with Gasteiger partial charge in [-0.25, -0.2) is 15.0 Å². The van der Waals surface area contributed by atoms with E-state index < -0.39 is 0 Å². The van der Waals surface area contributed by atoms with E-state index in [0.717, 1.165) is 64.7 Å². The molecule has 6 rings (SSSR count). The van der Waals surface area contributed by atoms with E-state index in [-0.39, 0.29) is 0 Å². The molecule has 0 spiro atoms. The molecule has 3 aliphatic rings. The second kappa shape index (κ2) is 12.4. The van der Waals surface area contributed by atoms with Gasteiger partial charge in [-0.15, -0.1) is 0 Å². The van der Waals surface area contributed by atoms with Gasteiger partial charge in [-0.05, 0) is 56.8 Å². The molecule has 41 heavy (non-hydrogen) atoms. The number of nitrogens with zero attached hydrogens (tertiary/aromatic N) is 6. The third-order valence-electron chi connectivity index (χ3n) is 9.39. The van der Waals surface area contributed by atoms with Gasteiger partial charge >= 0.3 is 0 Å². The summed E-state index contributed by atoms with van der Waals surface area (Å²) in [5, 5.41) is 6.95. The van der Waals surface area contributed by atoms with Gasteiger partial charge in [-0.1, -0.05) is 25.8 Å². The Morgan fingerprint density at radius 2 is 1.68 bits per heavy atom. The first-order valence-electron chi connectivity index (χ1n) is 15.6. The first kappa shape index (κ1) is 28.0. The molecule has 2 aromatic heterocycles. The van der Waals surface area contributed by atoms with E-state index in [2.05, 4.69) is 57.5 Å². The zero-order valence-corrected chi connectivity index (χ0v) is 25.2. The number of anilines is 3. The fourth-order valence-corrected chi connectivity index (χ4v) is 6.86. The molecule has 0 bridgehead atoms. The van der Waals surface area contributed by atoms with E-state index in [4.69, 9.17) is 19.7 Å². The highest BCUT2D eigenvalue weighted by Gasteiger charge is 2.28. The standard InChI is InChI=1S/C32H46N8O/c1-5-26-31(35-23-8-6-7-9-23)37-29-25(21-34-32(33-2)30(29)36-26)22-10-11-27(28(20-22)41-4)40-14-12-24(13-15-40)39-18-16-38(3)17-19-39/h10-11,20-21,23-24H,5-9,12-19H2,1-4H3,(H,33,34)(H,35,37). The number of benzene rings is 1. The number of methoxy groups -OCH3 is 1. The van der Waals surface area contributed by atoms with Gasteiger partial charge in [-0.3, -0.25) is 4.90 Å². The zero-order chi connectivity index (χ0) is 28.3. The predicted octanol–water partition coefficient (Wildman–Crippen LogP) is 4.88. The quantitative estimate of drug-likeness (QED) is 0.402. The summed E-state index contributed by atoms with van der Waals surface area (Å²) < 4.78 is 5.98. The summed E-state index contributed by atoms with van der Waals surface area (Å²) >= 11 is 0. The topological polar surface area (TPSA) is 81.7 Å². The van der Waals surface area contributed by atoms with Gasteiger partial charge in [0.2, 0.25) is 0 Å². The number of hydrogen-bond donors (Lipinski definition) is 2. The third kappa shape index (κ3) is 5.79. The number of pyridine rings is 1. The highest BCUT2D eigenvalue weighted by atomic mass is 16.5. The molecule has 9 nitrogen and oxygen atoms in total. The van der Waals surface area contributed by atoms with Crippen molar-refractivity contribution in [3.8, 4) is 16.9 Å². The molecule has 4 heterocycles. The molecule has 0 atom stereocenters. The van der Waals surface area contributed by atoms with Crippen LogP contribution in [0.4, 0.5) is 17.3 Å². The zero-order valence-electron chi connectivity index (χ0n) is 25.2. The average Bonchev–Trinajstić information content (AvgIpc) is 3.53. The second-order valence-corrected chi connectivity index (χ2v) is 11.9. The summed E-state index contributed by atoms with van der Waals surface area (Å²) in [5.74, 6) is 2.56. The van der Waals surface area contributed by atoms with Crippen LogP contribution in [0.25, 0.3) is 22.2 Å². The Balaban J connectivity index is 1.28. The van der Waals surface area contributed by atoms with E-state index in [0.29, 0.717) is 12.1 Å². The molecular formula is C32H46N8O. The summed E-state index contributed by atoms with van der Waals surface area (Å²) in [6.45, 7) is 8.98. The predicted molar refractivity (Wildman–Crippen MR) is 168 cm³/mol. The number of nitrogens with one attached hydrogen (secondary N) is 2. The van der Waals surface area contributed by atoms with Crippen LogP contribution in [-0.2, 0) is 6.42 Å². The van der Waals surface area contributed by atoms with E-state index in [1.807, 2.05) is 13.2 Å². The number of fused-ring (bicyclic) bond motifs is 1. The van der Waals surface area contributed by atoms with Gasteiger partial charge in [0.25, 0.3) is 0 Å². The highest BCUT2D eigenvalue weighted by molar-refractivity contribution is 5.98. The van der Waals surface area contributed by atoms with Crippen molar-refractivity contribution in [2.75, 3.05) is 76.0 Å². The minimum Gasteiger partial charge on any atom is -0.495 e. The molecule has 0 radical (unpaired) electrons. The van der Waals surface area contributed by atoms with Crippen LogP contribution in [0.15, 0.2) is 24.4 Å². The fraction of sp³-hybridized carbons (Fsp3) is 0.594. The molecule has 2 saturated heterocycles. The van der Waals surface area contributed by atoms with Gasteiger partial charge in [0.05, 0.1) is 18.5 Å². The molecule has 9 heteroatoms. The minimum atomic E-state index is 0.473. The van der Waals surface area contributed by atoms with Gasteiger partial charge < -0.3 is 25.2 Å². The van der Waals surface area contributed by atoms with Crippen LogP contribution in [0.5, 0.6) is 5.75 Å². The first-order valence-corrected chi connectivity index (χ1v) is 15.6. The van der Waals surface area contributed by atoms with Crippen molar-refractivity contribution in [2.24, 2.45) is 0 Å². The van der Waals surface area contributed by atoms with Crippen molar-refractivity contribution >= 4 is 28.4 Å². The Labute approximate surface area is 244 Å². The van der Waals surface area contributed by atoms with E-state index in [1.54, 1.807) is 7.11 Å². The maximum Gasteiger partial charge on any atom is 0.153 e. The van der Waals surface area contributed by atoms with Gasteiger partial charge in [0.1, 0.15) is 22.6 Å². The average molecular weight is 559 g/mol.